The van der Waals surface area contributed by atoms with Gasteiger partial charge in [0.2, 0.25) is 0 Å². The quantitative estimate of drug-likeness (QED) is 0.688. The number of hydrogen-bond donors (Lipinski definition) is 1. The number of imide groups is 1. The lowest BCUT2D eigenvalue weighted by molar-refractivity contribution is -0.133. The summed E-state index contributed by atoms with van der Waals surface area (Å²) in [4.78, 5) is 38.3. The third-order valence-electron chi connectivity index (χ3n) is 4.90. The van der Waals surface area contributed by atoms with Crippen LogP contribution >= 0.6 is 0 Å². The fraction of sp³-hybridized carbons (Fsp3) is 0.471. The molecule has 2 atom stereocenters. The first kappa shape index (κ1) is 14.8. The van der Waals surface area contributed by atoms with E-state index in [-0.39, 0.29) is 24.2 Å². The van der Waals surface area contributed by atoms with Crippen LogP contribution in [0.15, 0.2) is 30.3 Å². The predicted molar refractivity (Wildman–Crippen MR) is 81.4 cm³/mol. The van der Waals surface area contributed by atoms with E-state index >= 15 is 0 Å². The first-order valence-electron chi connectivity index (χ1n) is 7.77. The molecule has 0 aromatic heterocycles. The molecular weight excluding hydrogens is 280 g/mol. The van der Waals surface area contributed by atoms with Crippen LogP contribution in [0.1, 0.15) is 43.0 Å². The molecule has 5 heteroatoms. The fourth-order valence-electron chi connectivity index (χ4n) is 3.50. The van der Waals surface area contributed by atoms with E-state index in [0.717, 1.165) is 24.2 Å². The molecule has 3 rings (SSSR count). The maximum absolute atomic E-state index is 12.8. The molecule has 116 valence electrons. The van der Waals surface area contributed by atoms with E-state index in [2.05, 4.69) is 5.32 Å². The van der Waals surface area contributed by atoms with Crippen molar-refractivity contribution in [2.75, 3.05) is 6.54 Å². The van der Waals surface area contributed by atoms with Crippen LogP contribution < -0.4 is 5.32 Å². The van der Waals surface area contributed by atoms with E-state index in [1.807, 2.05) is 13.0 Å². The summed E-state index contributed by atoms with van der Waals surface area (Å²) in [5, 5.41) is 2.86. The Balaban J connectivity index is 1.79. The highest BCUT2D eigenvalue weighted by molar-refractivity contribution is 6.11. The summed E-state index contributed by atoms with van der Waals surface area (Å²) in [6, 6.07) is 8.30. The zero-order valence-corrected chi connectivity index (χ0v) is 12.7. The second-order valence-electron chi connectivity index (χ2n) is 6.23. The topological polar surface area (TPSA) is 66.5 Å². The van der Waals surface area contributed by atoms with Gasteiger partial charge in [-0.05, 0) is 18.8 Å². The third-order valence-corrected chi connectivity index (χ3v) is 4.90. The molecule has 0 unspecified atom stereocenters. The summed E-state index contributed by atoms with van der Waals surface area (Å²) in [6.45, 7) is 1.81. The molecule has 1 aliphatic carbocycles. The maximum atomic E-state index is 12.8. The van der Waals surface area contributed by atoms with Gasteiger partial charge in [-0.15, -0.1) is 0 Å². The standard InChI is InChI=1S/C17H20N2O3/c1-12-7-5-6-10-17(12)15(21)19(16(22)18-17)11-14(20)13-8-3-2-4-9-13/h2-4,8-9,12H,5-7,10-11H2,1H3,(H,18,22)/t12-,17-/m0/s1. The molecule has 2 aliphatic rings. The Bertz CT molecular complexity index is 614. The van der Waals surface area contributed by atoms with Crippen molar-refractivity contribution in [3.05, 3.63) is 35.9 Å². The minimum absolute atomic E-state index is 0.106. The Kier molecular flexibility index (Phi) is 3.72. The van der Waals surface area contributed by atoms with Gasteiger partial charge in [0.05, 0.1) is 6.54 Å². The second kappa shape index (κ2) is 5.55. The summed E-state index contributed by atoms with van der Waals surface area (Å²) in [5.41, 5.74) is -0.285. The van der Waals surface area contributed by atoms with Gasteiger partial charge in [-0.3, -0.25) is 14.5 Å². The van der Waals surface area contributed by atoms with Crippen LogP contribution in [-0.4, -0.2) is 34.7 Å². The molecule has 0 bridgehead atoms. The second-order valence-corrected chi connectivity index (χ2v) is 6.23. The molecule has 0 radical (unpaired) electrons. The first-order valence-corrected chi connectivity index (χ1v) is 7.77. The van der Waals surface area contributed by atoms with Crippen LogP contribution in [-0.2, 0) is 4.79 Å². The van der Waals surface area contributed by atoms with Gasteiger partial charge in [-0.2, -0.15) is 0 Å². The normalized spacial score (nSPS) is 28.0. The molecule has 22 heavy (non-hydrogen) atoms. The number of carbonyl (C=O) groups is 3. The smallest absolute Gasteiger partial charge is 0.323 e. The zero-order valence-electron chi connectivity index (χ0n) is 12.7. The van der Waals surface area contributed by atoms with Gasteiger partial charge in [-0.1, -0.05) is 50.1 Å². The highest BCUT2D eigenvalue weighted by Gasteiger charge is 2.55. The highest BCUT2D eigenvalue weighted by atomic mass is 16.2. The van der Waals surface area contributed by atoms with Gasteiger partial charge >= 0.3 is 6.03 Å². The Hall–Kier alpha value is -2.17. The minimum Gasteiger partial charge on any atom is -0.323 e. The molecule has 1 aromatic rings. The molecule has 1 aromatic carbocycles. The van der Waals surface area contributed by atoms with E-state index in [4.69, 9.17) is 0 Å². The fourth-order valence-corrected chi connectivity index (χ4v) is 3.50. The number of Topliss-reactive ketones (excluding diaryl/α,β-unsaturated/α-hetero) is 1. The minimum atomic E-state index is -0.799. The number of hydrogen-bond acceptors (Lipinski definition) is 3. The molecule has 1 aliphatic heterocycles. The van der Waals surface area contributed by atoms with Crippen LogP contribution in [0, 0.1) is 5.92 Å². The predicted octanol–water partition coefficient (Wildman–Crippen LogP) is 2.37. The molecular formula is C17H20N2O3. The monoisotopic (exact) mass is 300 g/mol. The van der Waals surface area contributed by atoms with Crippen molar-refractivity contribution < 1.29 is 14.4 Å². The van der Waals surface area contributed by atoms with E-state index in [1.165, 1.54) is 0 Å². The summed E-state index contributed by atoms with van der Waals surface area (Å²) >= 11 is 0. The van der Waals surface area contributed by atoms with Gasteiger partial charge in [0.25, 0.3) is 5.91 Å². The Morgan fingerprint density at radius 3 is 2.68 bits per heavy atom. The van der Waals surface area contributed by atoms with Crippen molar-refractivity contribution in [2.45, 2.75) is 38.1 Å². The van der Waals surface area contributed by atoms with Crippen molar-refractivity contribution in [1.82, 2.24) is 10.2 Å². The van der Waals surface area contributed by atoms with Crippen LogP contribution in [0.25, 0.3) is 0 Å². The van der Waals surface area contributed by atoms with Gasteiger partial charge in [0.1, 0.15) is 5.54 Å². The molecule has 1 N–H and O–H groups in total. The Morgan fingerprint density at radius 2 is 2.00 bits per heavy atom. The number of carbonyl (C=O) groups excluding carboxylic acids is 3. The van der Waals surface area contributed by atoms with E-state index in [9.17, 15) is 14.4 Å². The lowest BCUT2D eigenvalue weighted by Crippen LogP contribution is -2.54. The largest absolute Gasteiger partial charge is 0.325 e. The van der Waals surface area contributed by atoms with Crippen molar-refractivity contribution in [3.8, 4) is 0 Å². The molecule has 2 fully saturated rings. The lowest BCUT2D eigenvalue weighted by atomic mass is 9.73. The Labute approximate surface area is 129 Å². The summed E-state index contributed by atoms with van der Waals surface area (Å²) in [5.74, 6) is -0.354. The molecule has 1 heterocycles. The number of nitrogens with one attached hydrogen (secondary N) is 1. The van der Waals surface area contributed by atoms with Crippen molar-refractivity contribution in [2.24, 2.45) is 5.92 Å². The third kappa shape index (κ3) is 2.30. The van der Waals surface area contributed by atoms with Crippen LogP contribution in [0.5, 0.6) is 0 Å². The number of amides is 3. The highest BCUT2D eigenvalue weighted by Crippen LogP contribution is 2.38. The number of ketones is 1. The van der Waals surface area contributed by atoms with Crippen LogP contribution in [0.4, 0.5) is 4.79 Å². The van der Waals surface area contributed by atoms with E-state index in [0.29, 0.717) is 12.0 Å². The number of benzene rings is 1. The average Bonchev–Trinajstić information content (AvgIpc) is 2.76. The first-order chi connectivity index (χ1) is 10.5. The number of urea groups is 1. The van der Waals surface area contributed by atoms with E-state index in [1.54, 1.807) is 24.3 Å². The molecule has 1 saturated heterocycles. The summed E-state index contributed by atoms with van der Waals surface area (Å²) < 4.78 is 0. The van der Waals surface area contributed by atoms with Gasteiger partial charge in [0, 0.05) is 5.56 Å². The number of rotatable bonds is 3. The summed E-state index contributed by atoms with van der Waals surface area (Å²) in [7, 11) is 0. The van der Waals surface area contributed by atoms with E-state index < -0.39 is 11.6 Å². The van der Waals surface area contributed by atoms with Crippen molar-refractivity contribution in [3.63, 3.8) is 0 Å². The SMILES string of the molecule is C[C@H]1CCCC[C@]12NC(=O)N(CC(=O)c1ccccc1)C2=O. The van der Waals surface area contributed by atoms with Crippen molar-refractivity contribution >= 4 is 17.7 Å². The molecule has 5 nitrogen and oxygen atoms in total. The molecule has 1 saturated carbocycles. The van der Waals surface area contributed by atoms with Gasteiger partial charge in [-0.25, -0.2) is 4.79 Å². The van der Waals surface area contributed by atoms with Crippen LogP contribution in [0.3, 0.4) is 0 Å². The van der Waals surface area contributed by atoms with Crippen LogP contribution in [0.2, 0.25) is 0 Å². The molecule has 3 amide bonds. The zero-order chi connectivity index (χ0) is 15.7. The Morgan fingerprint density at radius 1 is 1.27 bits per heavy atom. The summed E-state index contributed by atoms with van der Waals surface area (Å²) in [6.07, 6.45) is 3.59. The van der Waals surface area contributed by atoms with Gasteiger partial charge < -0.3 is 5.32 Å². The van der Waals surface area contributed by atoms with Crippen molar-refractivity contribution in [1.29, 1.82) is 0 Å². The number of nitrogens with zero attached hydrogens (tertiary/aromatic N) is 1. The maximum Gasteiger partial charge on any atom is 0.325 e. The molecule has 1 spiro atoms. The van der Waals surface area contributed by atoms with Gasteiger partial charge in [0.15, 0.2) is 5.78 Å². The lowest BCUT2D eigenvalue weighted by Gasteiger charge is -2.36. The average molecular weight is 300 g/mol.